The molecule has 14 heavy (non-hydrogen) atoms. The summed E-state index contributed by atoms with van der Waals surface area (Å²) < 4.78 is 4.72. The van der Waals surface area contributed by atoms with Gasteiger partial charge in [0, 0.05) is 0 Å². The fraction of sp³-hybridized carbons (Fsp3) is 0.600. The third kappa shape index (κ3) is 2.34. The summed E-state index contributed by atoms with van der Waals surface area (Å²) in [6.07, 6.45) is 4.31. The first-order valence-corrected chi connectivity index (χ1v) is 4.75. The van der Waals surface area contributed by atoms with Gasteiger partial charge in [-0.25, -0.2) is 0 Å². The van der Waals surface area contributed by atoms with Crippen LogP contribution in [0, 0.1) is 5.92 Å². The Bertz CT molecular complexity index is 267. The molecule has 0 fully saturated rings. The average molecular weight is 198 g/mol. The predicted molar refractivity (Wildman–Crippen MR) is 49.7 cm³/mol. The fourth-order valence-corrected chi connectivity index (χ4v) is 1.59. The summed E-state index contributed by atoms with van der Waals surface area (Å²) in [5.74, 6) is -2.85. The van der Waals surface area contributed by atoms with Gasteiger partial charge in [-0.05, 0) is 31.8 Å². The maximum Gasteiger partial charge on any atom is 0.324 e. The Morgan fingerprint density at radius 3 is 2.79 bits per heavy atom. The number of hydrogen-bond acceptors (Lipinski definition) is 3. The zero-order valence-electron chi connectivity index (χ0n) is 8.16. The smallest absolute Gasteiger partial charge is 0.324 e. The molecule has 0 bridgehead atoms. The van der Waals surface area contributed by atoms with Crippen molar-refractivity contribution in [2.45, 2.75) is 26.2 Å². The van der Waals surface area contributed by atoms with Crippen molar-refractivity contribution in [2.24, 2.45) is 5.92 Å². The summed E-state index contributed by atoms with van der Waals surface area (Å²) in [5, 5.41) is 8.89. The first kappa shape index (κ1) is 10.8. The maximum atomic E-state index is 11.3. The van der Waals surface area contributed by atoms with E-state index in [2.05, 4.69) is 0 Å². The van der Waals surface area contributed by atoms with Crippen LogP contribution in [0.3, 0.4) is 0 Å². The van der Waals surface area contributed by atoms with Crippen LogP contribution in [0.25, 0.3) is 0 Å². The minimum Gasteiger partial charge on any atom is -0.480 e. The number of allylic oxidation sites excluding steroid dienone is 1. The SMILES string of the molecule is CCOC(=O)C(C(=O)O)C1=CCCC1. The summed E-state index contributed by atoms with van der Waals surface area (Å²) in [5.41, 5.74) is 0.691. The lowest BCUT2D eigenvalue weighted by molar-refractivity contribution is -0.156. The number of rotatable bonds is 4. The van der Waals surface area contributed by atoms with Gasteiger partial charge in [-0.15, -0.1) is 0 Å². The van der Waals surface area contributed by atoms with E-state index in [-0.39, 0.29) is 6.61 Å². The summed E-state index contributed by atoms with van der Waals surface area (Å²) >= 11 is 0. The Morgan fingerprint density at radius 1 is 1.64 bits per heavy atom. The molecule has 0 aromatic rings. The second-order valence-electron chi connectivity index (χ2n) is 3.19. The molecule has 1 rings (SSSR count). The molecule has 1 unspecified atom stereocenters. The summed E-state index contributed by atoms with van der Waals surface area (Å²) in [7, 11) is 0. The Morgan fingerprint density at radius 2 is 2.36 bits per heavy atom. The number of carboxylic acids is 1. The first-order chi connectivity index (χ1) is 6.66. The van der Waals surface area contributed by atoms with Crippen LogP contribution in [0.1, 0.15) is 26.2 Å². The Kier molecular flexibility index (Phi) is 3.68. The van der Waals surface area contributed by atoms with Crippen molar-refractivity contribution in [3.05, 3.63) is 11.6 Å². The van der Waals surface area contributed by atoms with Crippen LogP contribution in [0.2, 0.25) is 0 Å². The normalized spacial score (nSPS) is 17.4. The van der Waals surface area contributed by atoms with Crippen molar-refractivity contribution >= 4 is 11.9 Å². The van der Waals surface area contributed by atoms with Gasteiger partial charge < -0.3 is 9.84 Å². The van der Waals surface area contributed by atoms with Crippen LogP contribution in [0.5, 0.6) is 0 Å². The molecule has 0 aliphatic heterocycles. The second-order valence-corrected chi connectivity index (χ2v) is 3.19. The molecular weight excluding hydrogens is 184 g/mol. The minimum absolute atomic E-state index is 0.218. The highest BCUT2D eigenvalue weighted by Crippen LogP contribution is 2.26. The van der Waals surface area contributed by atoms with Gasteiger partial charge in [0.25, 0.3) is 0 Å². The summed E-state index contributed by atoms with van der Waals surface area (Å²) in [4.78, 5) is 22.2. The molecule has 0 aromatic carbocycles. The molecule has 0 heterocycles. The molecule has 0 spiro atoms. The Hall–Kier alpha value is -1.32. The molecule has 1 aliphatic carbocycles. The summed E-state index contributed by atoms with van der Waals surface area (Å²) in [6, 6.07) is 0. The van der Waals surface area contributed by atoms with E-state index in [1.54, 1.807) is 6.92 Å². The highest BCUT2D eigenvalue weighted by molar-refractivity contribution is 5.97. The molecule has 1 N–H and O–H groups in total. The third-order valence-electron chi connectivity index (χ3n) is 2.22. The monoisotopic (exact) mass is 198 g/mol. The van der Waals surface area contributed by atoms with Crippen LogP contribution >= 0.6 is 0 Å². The number of hydrogen-bond donors (Lipinski definition) is 1. The molecule has 0 saturated carbocycles. The number of carboxylic acid groups (broad SMARTS) is 1. The van der Waals surface area contributed by atoms with Crippen molar-refractivity contribution in [1.82, 2.24) is 0 Å². The van der Waals surface area contributed by atoms with Gasteiger partial charge in [0.1, 0.15) is 0 Å². The molecule has 4 heteroatoms. The predicted octanol–water partition coefficient (Wildman–Crippen LogP) is 1.36. The van der Waals surface area contributed by atoms with E-state index in [9.17, 15) is 9.59 Å². The quantitative estimate of drug-likeness (QED) is 0.421. The van der Waals surface area contributed by atoms with Crippen LogP contribution < -0.4 is 0 Å². The van der Waals surface area contributed by atoms with Crippen molar-refractivity contribution < 1.29 is 19.4 Å². The number of ether oxygens (including phenoxy) is 1. The molecule has 0 saturated heterocycles. The largest absolute Gasteiger partial charge is 0.480 e. The minimum atomic E-state index is -1.11. The van der Waals surface area contributed by atoms with Crippen LogP contribution in [-0.4, -0.2) is 23.7 Å². The van der Waals surface area contributed by atoms with Gasteiger partial charge in [0.2, 0.25) is 0 Å². The number of esters is 1. The molecular formula is C10H14O4. The molecule has 0 aromatic heterocycles. The van der Waals surface area contributed by atoms with Crippen molar-refractivity contribution in [1.29, 1.82) is 0 Å². The van der Waals surface area contributed by atoms with Gasteiger partial charge in [0.05, 0.1) is 6.61 Å². The van der Waals surface area contributed by atoms with Gasteiger partial charge >= 0.3 is 11.9 Å². The first-order valence-electron chi connectivity index (χ1n) is 4.75. The lowest BCUT2D eigenvalue weighted by Gasteiger charge is -2.11. The maximum absolute atomic E-state index is 11.3. The molecule has 1 atom stereocenters. The molecule has 0 radical (unpaired) electrons. The van der Waals surface area contributed by atoms with Crippen molar-refractivity contribution in [3.63, 3.8) is 0 Å². The van der Waals surface area contributed by atoms with E-state index in [0.29, 0.717) is 12.0 Å². The zero-order chi connectivity index (χ0) is 10.6. The molecule has 4 nitrogen and oxygen atoms in total. The van der Waals surface area contributed by atoms with E-state index in [4.69, 9.17) is 9.84 Å². The molecule has 78 valence electrons. The van der Waals surface area contributed by atoms with Gasteiger partial charge in [-0.1, -0.05) is 6.08 Å². The highest BCUT2D eigenvalue weighted by atomic mass is 16.5. The van der Waals surface area contributed by atoms with Crippen LogP contribution in [0.15, 0.2) is 11.6 Å². The summed E-state index contributed by atoms with van der Waals surface area (Å²) in [6.45, 7) is 1.88. The number of aliphatic carboxylic acids is 1. The second kappa shape index (κ2) is 4.79. The van der Waals surface area contributed by atoms with Crippen molar-refractivity contribution in [3.8, 4) is 0 Å². The van der Waals surface area contributed by atoms with E-state index in [1.807, 2.05) is 6.08 Å². The number of carbonyl (C=O) groups excluding carboxylic acids is 1. The van der Waals surface area contributed by atoms with Gasteiger partial charge in [-0.2, -0.15) is 0 Å². The fourth-order valence-electron chi connectivity index (χ4n) is 1.59. The molecule has 1 aliphatic rings. The zero-order valence-corrected chi connectivity index (χ0v) is 8.16. The standard InChI is InChI=1S/C10H14O4/c1-2-14-10(13)8(9(11)12)7-5-3-4-6-7/h5,8H,2-4,6H2,1H3,(H,11,12). The Labute approximate surface area is 82.6 Å². The van der Waals surface area contributed by atoms with E-state index < -0.39 is 17.9 Å². The lowest BCUT2D eigenvalue weighted by Crippen LogP contribution is -2.27. The number of carbonyl (C=O) groups is 2. The highest BCUT2D eigenvalue weighted by Gasteiger charge is 2.32. The van der Waals surface area contributed by atoms with E-state index >= 15 is 0 Å². The lowest BCUT2D eigenvalue weighted by atomic mass is 9.99. The van der Waals surface area contributed by atoms with Crippen LogP contribution in [0.4, 0.5) is 0 Å². The van der Waals surface area contributed by atoms with Crippen LogP contribution in [-0.2, 0) is 14.3 Å². The third-order valence-corrected chi connectivity index (χ3v) is 2.22. The Balaban J connectivity index is 2.73. The van der Waals surface area contributed by atoms with Gasteiger partial charge in [0.15, 0.2) is 5.92 Å². The average Bonchev–Trinajstić information content (AvgIpc) is 2.57. The topological polar surface area (TPSA) is 63.6 Å². The van der Waals surface area contributed by atoms with E-state index in [0.717, 1.165) is 12.8 Å². The van der Waals surface area contributed by atoms with Gasteiger partial charge in [-0.3, -0.25) is 9.59 Å². The van der Waals surface area contributed by atoms with Crippen molar-refractivity contribution in [2.75, 3.05) is 6.61 Å². The van der Waals surface area contributed by atoms with E-state index in [1.165, 1.54) is 0 Å². The molecule has 0 amide bonds.